The van der Waals surface area contributed by atoms with E-state index in [1.54, 1.807) is 0 Å². The van der Waals surface area contributed by atoms with Gasteiger partial charge in [0.1, 0.15) is 11.9 Å². The summed E-state index contributed by atoms with van der Waals surface area (Å²) >= 11 is 0. The zero-order chi connectivity index (χ0) is 16.2. The minimum atomic E-state index is -0.0740. The highest BCUT2D eigenvalue weighted by Gasteiger charge is 2.32. The Kier molecular flexibility index (Phi) is 4.99. The number of rotatable bonds is 5. The number of ether oxygens (including phenoxy) is 2. The van der Waals surface area contributed by atoms with Gasteiger partial charge in [-0.1, -0.05) is 49.4 Å². The number of nitrogens with zero attached hydrogens (tertiary/aromatic N) is 1. The summed E-state index contributed by atoms with van der Waals surface area (Å²) < 4.78 is 12.6. The van der Waals surface area contributed by atoms with E-state index in [1.165, 1.54) is 16.7 Å². The van der Waals surface area contributed by atoms with E-state index in [2.05, 4.69) is 68.4 Å². The number of benzene rings is 2. The number of hydrogen-bond donors (Lipinski definition) is 0. The second-order valence-electron chi connectivity index (χ2n) is 6.31. The smallest absolute Gasteiger partial charge is 0.151 e. The normalized spacial score (nSPS) is 20.3. The third kappa shape index (κ3) is 3.57. The van der Waals surface area contributed by atoms with Gasteiger partial charge >= 0.3 is 0 Å². The molecule has 1 heterocycles. The molecule has 1 aliphatic rings. The molecule has 0 saturated carbocycles. The van der Waals surface area contributed by atoms with Crippen molar-refractivity contribution in [3.8, 4) is 5.75 Å². The molecule has 3 rings (SSSR count). The van der Waals surface area contributed by atoms with Crippen LogP contribution in [0.25, 0.3) is 0 Å². The summed E-state index contributed by atoms with van der Waals surface area (Å²) in [4.78, 5) is 2.15. The number of para-hydroxylation sites is 1. The maximum atomic E-state index is 6.47. The summed E-state index contributed by atoms with van der Waals surface area (Å²) in [6.45, 7) is 3.65. The first-order valence-corrected chi connectivity index (χ1v) is 8.27. The Hall–Kier alpha value is -1.84. The minimum Gasteiger partial charge on any atom is -0.483 e. The molecule has 122 valence electrons. The maximum Gasteiger partial charge on any atom is 0.151 e. The predicted molar refractivity (Wildman–Crippen MR) is 92.8 cm³/mol. The molecule has 3 nitrogen and oxygen atoms in total. The molecular formula is C20H25NO2. The molecule has 2 atom stereocenters. The third-order valence-electron chi connectivity index (χ3n) is 4.30. The van der Waals surface area contributed by atoms with Crippen molar-refractivity contribution in [1.82, 2.24) is 4.90 Å². The summed E-state index contributed by atoms with van der Waals surface area (Å²) in [6, 6.07) is 16.7. The zero-order valence-corrected chi connectivity index (χ0v) is 14.2. The first kappa shape index (κ1) is 16.0. The molecule has 0 bridgehead atoms. The molecule has 0 radical (unpaired) electrons. The Balaban J connectivity index is 1.94. The lowest BCUT2D eigenvalue weighted by molar-refractivity contribution is -0.0619. The molecule has 2 aromatic carbocycles. The van der Waals surface area contributed by atoms with E-state index in [9.17, 15) is 0 Å². The van der Waals surface area contributed by atoms with Gasteiger partial charge in [-0.05, 0) is 37.7 Å². The Morgan fingerprint density at radius 3 is 2.61 bits per heavy atom. The van der Waals surface area contributed by atoms with Crippen LogP contribution in [0, 0.1) is 0 Å². The van der Waals surface area contributed by atoms with Crippen LogP contribution in [-0.4, -0.2) is 31.6 Å². The lowest BCUT2D eigenvalue weighted by Crippen LogP contribution is -2.39. The average Bonchev–Trinajstić information content (AvgIpc) is 2.57. The van der Waals surface area contributed by atoms with Crippen LogP contribution in [0.1, 0.15) is 29.7 Å². The van der Waals surface area contributed by atoms with Crippen LogP contribution in [0.5, 0.6) is 5.75 Å². The van der Waals surface area contributed by atoms with Gasteiger partial charge in [0.05, 0.1) is 6.61 Å². The van der Waals surface area contributed by atoms with Crippen molar-refractivity contribution in [3.63, 3.8) is 0 Å². The van der Waals surface area contributed by atoms with Crippen LogP contribution in [0.4, 0.5) is 0 Å². The molecular weight excluding hydrogens is 286 g/mol. The standard InChI is InChI=1S/C20H25NO2/c1-4-15-9-6-8-12-18(15)23-20-17-11-7-5-10-16(17)14-22-19(20)13-21(2)3/h5-12,19-20H,4,13-14H2,1-3H3. The van der Waals surface area contributed by atoms with Gasteiger partial charge in [-0.15, -0.1) is 0 Å². The number of likely N-dealkylation sites (N-methyl/N-ethyl adjacent to an activating group) is 1. The van der Waals surface area contributed by atoms with Gasteiger partial charge in [0.2, 0.25) is 0 Å². The molecule has 0 amide bonds. The van der Waals surface area contributed by atoms with Crippen molar-refractivity contribution >= 4 is 0 Å². The van der Waals surface area contributed by atoms with Crippen LogP contribution in [0.2, 0.25) is 0 Å². The van der Waals surface area contributed by atoms with Crippen molar-refractivity contribution < 1.29 is 9.47 Å². The molecule has 2 unspecified atom stereocenters. The number of aryl methyl sites for hydroxylation is 1. The molecule has 2 aromatic rings. The highest BCUT2D eigenvalue weighted by Crippen LogP contribution is 2.35. The Morgan fingerprint density at radius 1 is 1.09 bits per heavy atom. The van der Waals surface area contributed by atoms with E-state index in [-0.39, 0.29) is 12.2 Å². The number of fused-ring (bicyclic) bond motifs is 1. The van der Waals surface area contributed by atoms with E-state index in [4.69, 9.17) is 9.47 Å². The van der Waals surface area contributed by atoms with Gasteiger partial charge in [0, 0.05) is 12.1 Å². The van der Waals surface area contributed by atoms with Gasteiger partial charge < -0.3 is 14.4 Å². The zero-order valence-electron chi connectivity index (χ0n) is 14.2. The van der Waals surface area contributed by atoms with Gasteiger partial charge in [-0.2, -0.15) is 0 Å². The molecule has 0 aliphatic carbocycles. The van der Waals surface area contributed by atoms with Crippen molar-refractivity contribution in [2.45, 2.75) is 32.2 Å². The second-order valence-corrected chi connectivity index (χ2v) is 6.31. The summed E-state index contributed by atoms with van der Waals surface area (Å²) in [7, 11) is 4.14. The molecule has 0 spiro atoms. The Bertz CT molecular complexity index is 654. The lowest BCUT2D eigenvalue weighted by Gasteiger charge is -2.35. The van der Waals surface area contributed by atoms with Crippen molar-refractivity contribution in [3.05, 3.63) is 65.2 Å². The van der Waals surface area contributed by atoms with E-state index in [0.29, 0.717) is 6.61 Å². The van der Waals surface area contributed by atoms with Crippen molar-refractivity contribution in [2.75, 3.05) is 20.6 Å². The highest BCUT2D eigenvalue weighted by atomic mass is 16.5. The Labute approximate surface area is 138 Å². The molecule has 23 heavy (non-hydrogen) atoms. The van der Waals surface area contributed by atoms with E-state index < -0.39 is 0 Å². The van der Waals surface area contributed by atoms with Crippen LogP contribution in [-0.2, 0) is 17.8 Å². The van der Waals surface area contributed by atoms with Gasteiger partial charge in [-0.3, -0.25) is 0 Å². The quantitative estimate of drug-likeness (QED) is 0.837. The molecule has 3 heteroatoms. The summed E-state index contributed by atoms with van der Waals surface area (Å²) in [5.74, 6) is 0.962. The highest BCUT2D eigenvalue weighted by molar-refractivity contribution is 5.36. The fourth-order valence-corrected chi connectivity index (χ4v) is 3.12. The monoisotopic (exact) mass is 311 g/mol. The molecule has 0 fully saturated rings. The van der Waals surface area contributed by atoms with E-state index in [1.807, 2.05) is 6.07 Å². The molecule has 1 aliphatic heterocycles. The largest absolute Gasteiger partial charge is 0.483 e. The maximum absolute atomic E-state index is 6.47. The molecule has 0 aromatic heterocycles. The fraction of sp³-hybridized carbons (Fsp3) is 0.400. The summed E-state index contributed by atoms with van der Waals surface area (Å²) in [5, 5.41) is 0. The first-order chi connectivity index (χ1) is 11.2. The van der Waals surface area contributed by atoms with Gasteiger partial charge in [0.15, 0.2) is 6.10 Å². The third-order valence-corrected chi connectivity index (χ3v) is 4.30. The first-order valence-electron chi connectivity index (χ1n) is 8.27. The van der Waals surface area contributed by atoms with Crippen LogP contribution in [0.15, 0.2) is 48.5 Å². The van der Waals surface area contributed by atoms with Crippen molar-refractivity contribution in [2.24, 2.45) is 0 Å². The molecule has 0 N–H and O–H groups in total. The second kappa shape index (κ2) is 7.16. The number of hydrogen-bond acceptors (Lipinski definition) is 3. The minimum absolute atomic E-state index is 0.0322. The van der Waals surface area contributed by atoms with Crippen molar-refractivity contribution in [1.29, 1.82) is 0 Å². The average molecular weight is 311 g/mol. The lowest BCUT2D eigenvalue weighted by atomic mass is 9.95. The van der Waals surface area contributed by atoms with E-state index >= 15 is 0 Å². The fourth-order valence-electron chi connectivity index (χ4n) is 3.12. The SMILES string of the molecule is CCc1ccccc1OC1c2ccccc2COC1CN(C)C. The van der Waals surface area contributed by atoms with Crippen LogP contribution in [0.3, 0.4) is 0 Å². The summed E-state index contributed by atoms with van der Waals surface area (Å²) in [5.41, 5.74) is 3.71. The molecule has 0 saturated heterocycles. The predicted octanol–water partition coefficient (Wildman–Crippen LogP) is 3.83. The van der Waals surface area contributed by atoms with Gasteiger partial charge in [0.25, 0.3) is 0 Å². The van der Waals surface area contributed by atoms with Crippen LogP contribution >= 0.6 is 0 Å². The Morgan fingerprint density at radius 2 is 1.83 bits per heavy atom. The topological polar surface area (TPSA) is 21.7 Å². The van der Waals surface area contributed by atoms with E-state index in [0.717, 1.165) is 18.7 Å². The summed E-state index contributed by atoms with van der Waals surface area (Å²) in [6.07, 6.45) is 0.920. The van der Waals surface area contributed by atoms with Crippen LogP contribution < -0.4 is 4.74 Å². The van der Waals surface area contributed by atoms with Gasteiger partial charge in [-0.25, -0.2) is 0 Å².